The highest BCUT2D eigenvalue weighted by Crippen LogP contribution is 2.02. The van der Waals surface area contributed by atoms with E-state index in [4.69, 9.17) is 23.1 Å². The molecule has 1 aromatic heterocycles. The Morgan fingerprint density at radius 2 is 2.08 bits per heavy atom. The highest BCUT2D eigenvalue weighted by Gasteiger charge is 2.01. The van der Waals surface area contributed by atoms with Crippen molar-refractivity contribution in [2.75, 3.05) is 17.3 Å². The number of aryl methyl sites for hydroxylation is 1. The van der Waals surface area contributed by atoms with Crippen molar-refractivity contribution in [3.8, 4) is 0 Å². The fourth-order valence-corrected chi connectivity index (χ4v) is 0.866. The average Bonchev–Trinajstić information content (AvgIpc) is 2.26. The van der Waals surface area contributed by atoms with Gasteiger partial charge in [0.25, 0.3) is 0 Å². The van der Waals surface area contributed by atoms with E-state index < -0.39 is 0 Å². The molecule has 0 aromatic carbocycles. The summed E-state index contributed by atoms with van der Waals surface area (Å²) in [6, 6.07) is 0. The molecule has 0 bridgehead atoms. The number of anilines is 2. The summed E-state index contributed by atoms with van der Waals surface area (Å²) in [6.45, 7) is 0.666. The zero-order valence-electron chi connectivity index (χ0n) is 6.40. The number of nitrogens with zero attached hydrogens (tertiary/aromatic N) is 3. The molecular weight excluding hydrogens is 201 g/mol. The number of hydrogen-bond donors (Lipinski definition) is 2. The second-order valence-electron chi connectivity index (χ2n) is 2.09. The standard InChI is InChI=1S/C5H10ClN5.ClH/c6-2-1-3-11-5(8)9-4(7)10-11;/h1-3H2,(H4,7,8,9,10);1H. The maximum atomic E-state index is 5.48. The first-order valence-corrected chi connectivity index (χ1v) is 3.79. The highest BCUT2D eigenvalue weighted by molar-refractivity contribution is 6.17. The van der Waals surface area contributed by atoms with Crippen molar-refractivity contribution in [1.82, 2.24) is 14.8 Å². The van der Waals surface area contributed by atoms with Crippen LogP contribution in [0.25, 0.3) is 0 Å². The number of alkyl halides is 1. The SMILES string of the molecule is Cl.Nc1nc(N)n(CCCCl)n1. The fourth-order valence-electron chi connectivity index (χ4n) is 0.746. The molecule has 0 unspecified atom stereocenters. The highest BCUT2D eigenvalue weighted by atomic mass is 35.5. The lowest BCUT2D eigenvalue weighted by Crippen LogP contribution is -2.05. The largest absolute Gasteiger partial charge is 0.368 e. The van der Waals surface area contributed by atoms with Crippen LogP contribution in [0.4, 0.5) is 11.9 Å². The van der Waals surface area contributed by atoms with Gasteiger partial charge in [-0.05, 0) is 6.42 Å². The topological polar surface area (TPSA) is 82.7 Å². The van der Waals surface area contributed by atoms with Crippen LogP contribution in [0.5, 0.6) is 0 Å². The molecule has 0 radical (unpaired) electrons. The molecule has 0 atom stereocenters. The van der Waals surface area contributed by atoms with Gasteiger partial charge in [-0.1, -0.05) is 0 Å². The lowest BCUT2D eigenvalue weighted by molar-refractivity contribution is 0.615. The molecule has 0 spiro atoms. The third-order valence-electron chi connectivity index (χ3n) is 1.22. The number of nitrogen functional groups attached to an aromatic ring is 2. The van der Waals surface area contributed by atoms with E-state index in [0.717, 1.165) is 6.42 Å². The molecule has 0 aliphatic heterocycles. The summed E-state index contributed by atoms with van der Waals surface area (Å²) in [7, 11) is 0. The molecule has 0 fully saturated rings. The van der Waals surface area contributed by atoms with E-state index in [1.807, 2.05) is 0 Å². The molecule has 7 heteroatoms. The minimum absolute atomic E-state index is 0. The third-order valence-corrected chi connectivity index (χ3v) is 1.49. The molecule has 0 saturated heterocycles. The average molecular weight is 212 g/mol. The first kappa shape index (κ1) is 11.3. The smallest absolute Gasteiger partial charge is 0.241 e. The Morgan fingerprint density at radius 3 is 2.50 bits per heavy atom. The monoisotopic (exact) mass is 211 g/mol. The van der Waals surface area contributed by atoms with Crippen molar-refractivity contribution in [1.29, 1.82) is 0 Å². The Morgan fingerprint density at radius 1 is 1.42 bits per heavy atom. The molecule has 1 rings (SSSR count). The molecule has 5 nitrogen and oxygen atoms in total. The molecule has 0 aliphatic rings. The van der Waals surface area contributed by atoms with E-state index >= 15 is 0 Å². The van der Waals surface area contributed by atoms with Crippen LogP contribution in [0.3, 0.4) is 0 Å². The van der Waals surface area contributed by atoms with Gasteiger partial charge in [0.1, 0.15) is 0 Å². The van der Waals surface area contributed by atoms with E-state index in [9.17, 15) is 0 Å². The van der Waals surface area contributed by atoms with Gasteiger partial charge in [0.05, 0.1) is 0 Å². The van der Waals surface area contributed by atoms with Gasteiger partial charge in [-0.2, -0.15) is 4.98 Å². The first-order chi connectivity index (χ1) is 5.24. The van der Waals surface area contributed by atoms with Gasteiger partial charge in [-0.3, -0.25) is 0 Å². The van der Waals surface area contributed by atoms with Crippen molar-refractivity contribution < 1.29 is 0 Å². The van der Waals surface area contributed by atoms with Crippen LogP contribution in [-0.2, 0) is 6.54 Å². The van der Waals surface area contributed by atoms with Crippen LogP contribution in [0.15, 0.2) is 0 Å². The number of nitrogens with two attached hydrogens (primary N) is 2. The van der Waals surface area contributed by atoms with Crippen LogP contribution in [0.1, 0.15) is 6.42 Å². The Balaban J connectivity index is 0.00000121. The first-order valence-electron chi connectivity index (χ1n) is 3.26. The fraction of sp³-hybridized carbons (Fsp3) is 0.600. The van der Waals surface area contributed by atoms with Crippen LogP contribution in [-0.4, -0.2) is 20.6 Å². The summed E-state index contributed by atoms with van der Waals surface area (Å²) in [5.41, 5.74) is 10.7. The van der Waals surface area contributed by atoms with E-state index in [1.165, 1.54) is 4.68 Å². The van der Waals surface area contributed by atoms with Gasteiger partial charge in [-0.15, -0.1) is 29.1 Å². The van der Waals surface area contributed by atoms with Gasteiger partial charge in [-0.25, -0.2) is 4.68 Å². The predicted octanol–water partition coefficient (Wildman–Crippen LogP) is 0.493. The maximum Gasteiger partial charge on any atom is 0.241 e. The molecular formula is C5H11Cl2N5. The summed E-state index contributed by atoms with van der Waals surface area (Å²) in [6.07, 6.45) is 0.814. The second-order valence-corrected chi connectivity index (χ2v) is 2.47. The maximum absolute atomic E-state index is 5.48. The third kappa shape index (κ3) is 2.75. The molecule has 0 amide bonds. The van der Waals surface area contributed by atoms with Crippen LogP contribution >= 0.6 is 24.0 Å². The summed E-state index contributed by atoms with van der Waals surface area (Å²) < 4.78 is 1.54. The van der Waals surface area contributed by atoms with Crippen LogP contribution in [0, 0.1) is 0 Å². The van der Waals surface area contributed by atoms with Gasteiger partial charge in [0.2, 0.25) is 11.9 Å². The summed E-state index contributed by atoms with van der Waals surface area (Å²) in [5, 5.41) is 3.85. The van der Waals surface area contributed by atoms with Gasteiger partial charge >= 0.3 is 0 Å². The molecule has 70 valence electrons. The number of aromatic nitrogens is 3. The Bertz CT molecular complexity index is 236. The Labute approximate surface area is 81.5 Å². The molecule has 12 heavy (non-hydrogen) atoms. The van der Waals surface area contributed by atoms with E-state index in [-0.39, 0.29) is 18.4 Å². The number of halogens is 2. The molecule has 0 aliphatic carbocycles. The molecule has 1 heterocycles. The second kappa shape index (κ2) is 5.05. The summed E-state index contributed by atoms with van der Waals surface area (Å²) >= 11 is 5.48. The molecule has 0 saturated carbocycles. The quantitative estimate of drug-likeness (QED) is 0.714. The van der Waals surface area contributed by atoms with E-state index in [1.54, 1.807) is 0 Å². The Hall–Kier alpha value is -0.680. The summed E-state index contributed by atoms with van der Waals surface area (Å²) in [4.78, 5) is 3.73. The van der Waals surface area contributed by atoms with E-state index in [0.29, 0.717) is 18.4 Å². The van der Waals surface area contributed by atoms with Gasteiger partial charge in [0, 0.05) is 12.4 Å². The lowest BCUT2D eigenvalue weighted by atomic mass is 10.5. The van der Waals surface area contributed by atoms with Crippen molar-refractivity contribution in [3.63, 3.8) is 0 Å². The Kier molecular flexibility index (Phi) is 4.77. The minimum atomic E-state index is 0. The normalized spacial score (nSPS) is 9.42. The zero-order chi connectivity index (χ0) is 8.27. The predicted molar refractivity (Wildman–Crippen MR) is 51.4 cm³/mol. The molecule has 1 aromatic rings. The molecule has 4 N–H and O–H groups in total. The van der Waals surface area contributed by atoms with Crippen LogP contribution < -0.4 is 11.5 Å². The summed E-state index contributed by atoms with van der Waals surface area (Å²) in [5.74, 6) is 1.13. The van der Waals surface area contributed by atoms with Crippen molar-refractivity contribution in [2.24, 2.45) is 0 Å². The van der Waals surface area contributed by atoms with Crippen molar-refractivity contribution >= 4 is 35.9 Å². The number of rotatable bonds is 3. The number of hydrogen-bond acceptors (Lipinski definition) is 4. The van der Waals surface area contributed by atoms with Crippen molar-refractivity contribution in [3.05, 3.63) is 0 Å². The lowest BCUT2D eigenvalue weighted by Gasteiger charge is -1.97. The van der Waals surface area contributed by atoms with Crippen LogP contribution in [0.2, 0.25) is 0 Å². The zero-order valence-corrected chi connectivity index (χ0v) is 7.98. The van der Waals surface area contributed by atoms with Crippen molar-refractivity contribution in [2.45, 2.75) is 13.0 Å². The van der Waals surface area contributed by atoms with E-state index in [2.05, 4.69) is 10.1 Å². The minimum Gasteiger partial charge on any atom is -0.368 e. The van der Waals surface area contributed by atoms with Gasteiger partial charge < -0.3 is 11.5 Å². The van der Waals surface area contributed by atoms with Gasteiger partial charge in [0.15, 0.2) is 0 Å².